The van der Waals surface area contributed by atoms with E-state index in [0.717, 1.165) is 17.7 Å². The number of nitrogens with zero attached hydrogens (tertiary/aromatic N) is 5. The maximum atomic E-state index is 11.9. The van der Waals surface area contributed by atoms with Crippen LogP contribution in [0, 0.1) is 0 Å². The van der Waals surface area contributed by atoms with E-state index in [9.17, 15) is 4.79 Å². The smallest absolute Gasteiger partial charge is 0.327 e. The molecular weight excluding hydrogens is 260 g/mol. The second kappa shape index (κ2) is 8.19. The van der Waals surface area contributed by atoms with Crippen LogP contribution in [0.3, 0.4) is 0 Å². The average Bonchev–Trinajstić information content (AvgIpc) is 2.83. The number of hydrogen-bond donors (Lipinski definition) is 1. The zero-order valence-corrected chi connectivity index (χ0v) is 12.0. The molecule has 8 heteroatoms. The first kappa shape index (κ1) is 16.0. The Labute approximate surface area is 117 Å². The van der Waals surface area contributed by atoms with Gasteiger partial charge in [-0.15, -0.1) is 0 Å². The minimum atomic E-state index is -0.547. The summed E-state index contributed by atoms with van der Waals surface area (Å²) in [4.78, 5) is 14.6. The molecule has 1 aromatic heterocycles. The molecule has 0 saturated heterocycles. The number of aromatic nitrogens is 2. The first-order valence-corrected chi connectivity index (χ1v) is 6.48. The van der Waals surface area contributed by atoms with Crippen molar-refractivity contribution in [3.63, 3.8) is 0 Å². The van der Waals surface area contributed by atoms with Gasteiger partial charge >= 0.3 is 5.97 Å². The second-order valence-corrected chi connectivity index (χ2v) is 4.28. The van der Waals surface area contributed by atoms with Gasteiger partial charge in [0, 0.05) is 30.3 Å². The second-order valence-electron chi connectivity index (χ2n) is 4.28. The van der Waals surface area contributed by atoms with E-state index in [0.29, 0.717) is 19.5 Å². The van der Waals surface area contributed by atoms with Crippen LogP contribution in [0.2, 0.25) is 0 Å². The summed E-state index contributed by atoms with van der Waals surface area (Å²) in [7, 11) is 3.18. The van der Waals surface area contributed by atoms with E-state index in [1.165, 1.54) is 7.11 Å². The minimum absolute atomic E-state index is 0.350. The Morgan fingerprint density at radius 1 is 1.70 bits per heavy atom. The molecule has 0 aliphatic rings. The van der Waals surface area contributed by atoms with Crippen molar-refractivity contribution in [2.75, 3.05) is 20.2 Å². The van der Waals surface area contributed by atoms with Crippen LogP contribution in [0.4, 0.5) is 0 Å². The fraction of sp³-hybridized carbons (Fsp3) is 0.667. The SMILES string of the molecule is CCc1nn(C)cc1C(NCCCN=[N+]=[N-])C(=O)OC. The van der Waals surface area contributed by atoms with Crippen LogP contribution in [0.25, 0.3) is 10.4 Å². The predicted octanol–water partition coefficient (Wildman–Crippen LogP) is 1.49. The lowest BCUT2D eigenvalue weighted by molar-refractivity contribution is -0.143. The Hall–Kier alpha value is -2.05. The van der Waals surface area contributed by atoms with Gasteiger partial charge in [0.05, 0.1) is 12.8 Å². The van der Waals surface area contributed by atoms with E-state index in [1.807, 2.05) is 20.2 Å². The molecule has 1 heterocycles. The molecular formula is C12H20N6O2. The molecule has 1 aromatic rings. The number of hydrogen-bond acceptors (Lipinski definition) is 5. The Kier molecular flexibility index (Phi) is 6.55. The van der Waals surface area contributed by atoms with Crippen LogP contribution in [-0.2, 0) is 23.0 Å². The summed E-state index contributed by atoms with van der Waals surface area (Å²) in [5, 5.41) is 10.9. The monoisotopic (exact) mass is 280 g/mol. The number of azide groups is 1. The lowest BCUT2D eigenvalue weighted by Crippen LogP contribution is -2.31. The quantitative estimate of drug-likeness (QED) is 0.256. The standard InChI is InChI=1S/C12H20N6O2/c1-4-10-9(8-18(2)16-10)11(12(19)20-3)14-6-5-7-15-17-13/h8,11,14H,4-7H2,1-3H3. The highest BCUT2D eigenvalue weighted by atomic mass is 16.5. The van der Waals surface area contributed by atoms with E-state index in [-0.39, 0.29) is 5.97 Å². The number of aryl methyl sites for hydroxylation is 2. The van der Waals surface area contributed by atoms with Crippen molar-refractivity contribution in [3.8, 4) is 0 Å². The van der Waals surface area contributed by atoms with Crippen molar-refractivity contribution < 1.29 is 9.53 Å². The molecule has 0 aliphatic heterocycles. The first-order chi connectivity index (χ1) is 9.63. The van der Waals surface area contributed by atoms with Gasteiger partial charge in [-0.1, -0.05) is 12.0 Å². The van der Waals surface area contributed by atoms with Crippen LogP contribution in [-0.4, -0.2) is 35.9 Å². The molecule has 20 heavy (non-hydrogen) atoms. The summed E-state index contributed by atoms with van der Waals surface area (Å²) in [6.45, 7) is 2.93. The van der Waals surface area contributed by atoms with Crippen LogP contribution < -0.4 is 5.32 Å². The average molecular weight is 280 g/mol. The van der Waals surface area contributed by atoms with Crippen molar-refractivity contribution in [3.05, 3.63) is 27.9 Å². The Morgan fingerprint density at radius 3 is 3.05 bits per heavy atom. The Morgan fingerprint density at radius 2 is 2.45 bits per heavy atom. The van der Waals surface area contributed by atoms with Gasteiger partial charge in [0.15, 0.2) is 0 Å². The van der Waals surface area contributed by atoms with Crippen molar-refractivity contribution in [1.82, 2.24) is 15.1 Å². The molecule has 0 saturated carbocycles. The lowest BCUT2D eigenvalue weighted by Gasteiger charge is -2.16. The first-order valence-electron chi connectivity index (χ1n) is 6.48. The fourth-order valence-electron chi connectivity index (χ4n) is 1.95. The van der Waals surface area contributed by atoms with Crippen molar-refractivity contribution in [1.29, 1.82) is 0 Å². The van der Waals surface area contributed by atoms with Gasteiger partial charge in [0.2, 0.25) is 0 Å². The molecule has 1 unspecified atom stereocenters. The molecule has 0 spiro atoms. The molecule has 0 fully saturated rings. The van der Waals surface area contributed by atoms with E-state index in [1.54, 1.807) is 4.68 Å². The summed E-state index contributed by atoms with van der Waals surface area (Å²) < 4.78 is 6.52. The molecule has 0 aliphatic carbocycles. The zero-order chi connectivity index (χ0) is 15.0. The highest BCUT2D eigenvalue weighted by Gasteiger charge is 2.25. The van der Waals surface area contributed by atoms with Crippen LogP contribution in [0.15, 0.2) is 11.3 Å². The molecule has 110 valence electrons. The molecule has 1 atom stereocenters. The highest BCUT2D eigenvalue weighted by Crippen LogP contribution is 2.19. The number of nitrogens with one attached hydrogen (secondary N) is 1. The normalized spacial score (nSPS) is 11.8. The molecule has 1 N–H and O–H groups in total. The van der Waals surface area contributed by atoms with Gasteiger partial charge in [-0.3, -0.25) is 4.68 Å². The molecule has 1 rings (SSSR count). The number of methoxy groups -OCH3 is 1. The third kappa shape index (κ3) is 4.25. The number of rotatable bonds is 8. The summed E-state index contributed by atoms with van der Waals surface area (Å²) >= 11 is 0. The largest absolute Gasteiger partial charge is 0.468 e. The minimum Gasteiger partial charge on any atom is -0.468 e. The van der Waals surface area contributed by atoms with E-state index >= 15 is 0 Å². The zero-order valence-electron chi connectivity index (χ0n) is 12.0. The fourth-order valence-corrected chi connectivity index (χ4v) is 1.95. The maximum absolute atomic E-state index is 11.9. The van der Waals surface area contributed by atoms with Crippen LogP contribution >= 0.6 is 0 Å². The number of carbonyl (C=O) groups excluding carboxylic acids is 1. The molecule has 0 aromatic carbocycles. The van der Waals surface area contributed by atoms with Crippen molar-refractivity contribution in [2.45, 2.75) is 25.8 Å². The number of ether oxygens (including phenoxy) is 1. The molecule has 0 bridgehead atoms. The van der Waals surface area contributed by atoms with Crippen molar-refractivity contribution in [2.24, 2.45) is 12.2 Å². The third-order valence-corrected chi connectivity index (χ3v) is 2.87. The van der Waals surface area contributed by atoms with E-state index in [4.69, 9.17) is 10.3 Å². The van der Waals surface area contributed by atoms with Gasteiger partial charge < -0.3 is 10.1 Å². The van der Waals surface area contributed by atoms with Gasteiger partial charge in [-0.2, -0.15) is 5.10 Å². The molecule has 0 radical (unpaired) electrons. The van der Waals surface area contributed by atoms with Crippen LogP contribution in [0.1, 0.15) is 30.6 Å². The predicted molar refractivity (Wildman–Crippen MR) is 74.0 cm³/mol. The number of carbonyl (C=O) groups is 1. The molecule has 8 nitrogen and oxygen atoms in total. The summed E-state index contributed by atoms with van der Waals surface area (Å²) in [6, 6.07) is -0.547. The Bertz CT molecular complexity index is 492. The topological polar surface area (TPSA) is 105 Å². The van der Waals surface area contributed by atoms with Crippen LogP contribution in [0.5, 0.6) is 0 Å². The maximum Gasteiger partial charge on any atom is 0.327 e. The number of esters is 1. The van der Waals surface area contributed by atoms with Crippen molar-refractivity contribution >= 4 is 5.97 Å². The van der Waals surface area contributed by atoms with Gasteiger partial charge in [0.25, 0.3) is 0 Å². The van der Waals surface area contributed by atoms with Gasteiger partial charge in [-0.25, -0.2) is 4.79 Å². The summed E-state index contributed by atoms with van der Waals surface area (Å²) in [5.74, 6) is -0.350. The molecule has 0 amide bonds. The summed E-state index contributed by atoms with van der Waals surface area (Å²) in [5.41, 5.74) is 9.89. The van der Waals surface area contributed by atoms with E-state index < -0.39 is 6.04 Å². The lowest BCUT2D eigenvalue weighted by atomic mass is 10.1. The Balaban J connectivity index is 2.78. The summed E-state index contributed by atoms with van der Waals surface area (Å²) in [6.07, 6.45) is 3.21. The third-order valence-electron chi connectivity index (χ3n) is 2.87. The van der Waals surface area contributed by atoms with Gasteiger partial charge in [-0.05, 0) is 24.9 Å². The van der Waals surface area contributed by atoms with Gasteiger partial charge in [0.1, 0.15) is 6.04 Å². The van der Waals surface area contributed by atoms with E-state index in [2.05, 4.69) is 20.4 Å². The highest BCUT2D eigenvalue weighted by molar-refractivity contribution is 5.77.